The highest BCUT2D eigenvalue weighted by Gasteiger charge is 2.53. The second kappa shape index (κ2) is 14.2. The Morgan fingerprint density at radius 2 is 1.28 bits per heavy atom. The van der Waals surface area contributed by atoms with Gasteiger partial charge in [-0.1, -0.05) is 25.0 Å². The first-order chi connectivity index (χ1) is 22.7. The van der Waals surface area contributed by atoms with Gasteiger partial charge in [-0.2, -0.15) is 0 Å². The van der Waals surface area contributed by atoms with Gasteiger partial charge in [0.2, 0.25) is 0 Å². The van der Waals surface area contributed by atoms with Crippen LogP contribution in [0.3, 0.4) is 0 Å². The molecule has 0 amide bonds. The molecule has 0 radical (unpaired) electrons. The minimum Gasteiger partial charge on any atom is -0.456 e. The van der Waals surface area contributed by atoms with Crippen LogP contribution >= 0.6 is 11.6 Å². The molecule has 7 nitrogen and oxygen atoms in total. The van der Waals surface area contributed by atoms with Crippen molar-refractivity contribution < 1.29 is 23.7 Å². The molecular formula is C38H45ClN2O5. The maximum absolute atomic E-state index is 13.5. The molecule has 0 aromatic heterocycles. The van der Waals surface area contributed by atoms with Gasteiger partial charge in [0.1, 0.15) is 11.5 Å². The van der Waals surface area contributed by atoms with Gasteiger partial charge in [-0.05, 0) is 80.8 Å². The van der Waals surface area contributed by atoms with Crippen LogP contribution in [0, 0.1) is 0 Å². The van der Waals surface area contributed by atoms with Crippen LogP contribution in [0.2, 0.25) is 0 Å². The zero-order valence-corrected chi connectivity index (χ0v) is 27.5. The van der Waals surface area contributed by atoms with E-state index in [-0.39, 0.29) is 5.97 Å². The van der Waals surface area contributed by atoms with E-state index < -0.39 is 5.60 Å². The van der Waals surface area contributed by atoms with Crippen molar-refractivity contribution in [3.63, 3.8) is 0 Å². The first-order valence-electron chi connectivity index (χ1n) is 17.2. The number of alkyl halides is 1. The Labute approximate surface area is 277 Å². The van der Waals surface area contributed by atoms with Crippen molar-refractivity contribution in [1.82, 2.24) is 0 Å². The highest BCUT2D eigenvalue weighted by atomic mass is 35.5. The van der Waals surface area contributed by atoms with Crippen molar-refractivity contribution in [3.05, 3.63) is 82.4 Å². The summed E-state index contributed by atoms with van der Waals surface area (Å²) >= 11 is 5.73. The fraction of sp³-hybridized carbons (Fsp3) is 0.500. The third kappa shape index (κ3) is 6.22. The molecule has 0 N–H and O–H groups in total. The van der Waals surface area contributed by atoms with Crippen LogP contribution in [0.25, 0.3) is 0 Å². The lowest BCUT2D eigenvalue weighted by Crippen LogP contribution is -2.38. The Morgan fingerprint density at radius 1 is 0.674 bits per heavy atom. The number of nitrogens with zero attached hydrogens (tertiary/aromatic N) is 2. The number of carbonyl (C=O) groups excluding carboxylic acids is 1. The molecule has 3 aromatic rings. The van der Waals surface area contributed by atoms with E-state index in [1.165, 1.54) is 31.2 Å². The largest absolute Gasteiger partial charge is 0.456 e. The smallest absolute Gasteiger partial charge is 0.340 e. The quantitative estimate of drug-likeness (QED) is 0.0895. The lowest BCUT2D eigenvalue weighted by Gasteiger charge is -2.39. The predicted octanol–water partition coefficient (Wildman–Crippen LogP) is 7.83. The number of ether oxygens (including phenoxy) is 4. The fourth-order valence-corrected chi connectivity index (χ4v) is 7.14. The summed E-state index contributed by atoms with van der Waals surface area (Å²) in [6, 6.07) is 19.0. The van der Waals surface area contributed by atoms with Gasteiger partial charge >= 0.3 is 5.97 Å². The van der Waals surface area contributed by atoms with Crippen molar-refractivity contribution in [1.29, 1.82) is 0 Å². The minimum atomic E-state index is -1.04. The summed E-state index contributed by atoms with van der Waals surface area (Å²) in [5.41, 5.74) is 5.75. The normalized spacial score (nSPS) is 17.1. The van der Waals surface area contributed by atoms with E-state index in [0.717, 1.165) is 110 Å². The number of rotatable bonds is 16. The molecule has 8 heteroatoms. The molecule has 0 atom stereocenters. The van der Waals surface area contributed by atoms with E-state index in [1.807, 2.05) is 6.07 Å². The van der Waals surface area contributed by atoms with Gasteiger partial charge in [0.25, 0.3) is 0 Å². The first kappa shape index (κ1) is 31.3. The van der Waals surface area contributed by atoms with E-state index in [4.69, 9.17) is 30.5 Å². The Morgan fingerprint density at radius 3 is 1.87 bits per heavy atom. The summed E-state index contributed by atoms with van der Waals surface area (Å²) in [6.45, 7) is 6.98. The molecule has 4 aliphatic heterocycles. The fourth-order valence-electron chi connectivity index (χ4n) is 6.95. The maximum Gasteiger partial charge on any atom is 0.340 e. The number of carbonyl (C=O) groups is 1. The topological polar surface area (TPSA) is 60.5 Å². The number of benzene rings is 3. The minimum absolute atomic E-state index is 0.287. The average molecular weight is 645 g/mol. The van der Waals surface area contributed by atoms with Gasteiger partial charge in [-0.3, -0.25) is 0 Å². The Balaban J connectivity index is 1.05. The van der Waals surface area contributed by atoms with Crippen LogP contribution in [-0.2, 0) is 26.2 Å². The summed E-state index contributed by atoms with van der Waals surface area (Å²) < 4.78 is 24.6. The Bertz CT molecular complexity index is 1470. The van der Waals surface area contributed by atoms with Gasteiger partial charge in [-0.25, -0.2) is 4.79 Å². The summed E-state index contributed by atoms with van der Waals surface area (Å²) in [5, 5.41) is 0. The molecule has 4 heterocycles. The molecule has 2 saturated heterocycles. The third-order valence-corrected chi connectivity index (χ3v) is 10.1. The van der Waals surface area contributed by atoms with Gasteiger partial charge < -0.3 is 28.7 Å². The van der Waals surface area contributed by atoms with Crippen LogP contribution < -0.4 is 14.5 Å². The van der Waals surface area contributed by atoms with Crippen molar-refractivity contribution in [2.24, 2.45) is 0 Å². The van der Waals surface area contributed by atoms with Crippen LogP contribution in [0.1, 0.15) is 84.0 Å². The number of hydrogen-bond acceptors (Lipinski definition) is 7. The highest BCUT2D eigenvalue weighted by molar-refractivity contribution is 6.17. The van der Waals surface area contributed by atoms with Crippen molar-refractivity contribution in [3.8, 4) is 11.5 Å². The SMILES string of the molecule is O=C1OC2(c3ccc(N4CCC4)cc3Oc3cc(N4CCC4)ccc32)c2cc(CCCCOCCOCCCCCCCl)ccc21. The molecule has 7 rings (SSSR count). The zero-order chi connectivity index (χ0) is 31.3. The lowest BCUT2D eigenvalue weighted by atomic mass is 9.77. The molecule has 0 saturated carbocycles. The van der Waals surface area contributed by atoms with Crippen molar-refractivity contribution in [2.45, 2.75) is 63.4 Å². The van der Waals surface area contributed by atoms with E-state index in [9.17, 15) is 4.79 Å². The summed E-state index contributed by atoms with van der Waals surface area (Å²) in [6.07, 6.45) is 9.78. The molecule has 2 fully saturated rings. The van der Waals surface area contributed by atoms with Crippen molar-refractivity contribution in [2.75, 3.05) is 68.3 Å². The second-order valence-corrected chi connectivity index (χ2v) is 13.3. The molecule has 1 spiro atoms. The average Bonchev–Trinajstić information content (AvgIpc) is 3.29. The van der Waals surface area contributed by atoms with Crippen LogP contribution in [0.4, 0.5) is 11.4 Å². The third-order valence-electron chi connectivity index (χ3n) is 9.83. The molecule has 0 aliphatic carbocycles. The molecular weight excluding hydrogens is 600 g/mol. The standard InChI is InChI=1S/C38H45ClN2O5/c39-16-4-1-2-5-21-43-23-24-44-22-6-3-9-28-10-13-31-34(25-28)38(46-37(31)42)32-14-11-29(40-17-7-18-40)26-35(32)45-36-27-30(12-15-33(36)38)41-19-8-20-41/h10-15,25-27H,1-9,16-24H2. The summed E-state index contributed by atoms with van der Waals surface area (Å²) in [4.78, 5) is 18.2. The number of hydrogen-bond donors (Lipinski definition) is 0. The molecule has 0 unspecified atom stereocenters. The first-order valence-corrected chi connectivity index (χ1v) is 17.8. The molecule has 244 valence electrons. The van der Waals surface area contributed by atoms with Crippen LogP contribution in [0.5, 0.6) is 11.5 Å². The number of aryl methyl sites for hydroxylation is 1. The van der Waals surface area contributed by atoms with Crippen LogP contribution in [0.15, 0.2) is 54.6 Å². The highest BCUT2D eigenvalue weighted by Crippen LogP contribution is 2.57. The predicted molar refractivity (Wildman–Crippen MR) is 182 cm³/mol. The Hall–Kier alpha value is -3.26. The number of halogens is 1. The lowest BCUT2D eigenvalue weighted by molar-refractivity contribution is 0.0224. The zero-order valence-electron chi connectivity index (χ0n) is 26.7. The summed E-state index contributed by atoms with van der Waals surface area (Å²) in [7, 11) is 0. The van der Waals surface area contributed by atoms with Gasteiger partial charge in [-0.15, -0.1) is 11.6 Å². The van der Waals surface area contributed by atoms with E-state index in [2.05, 4.69) is 58.3 Å². The summed E-state index contributed by atoms with van der Waals surface area (Å²) in [5.74, 6) is 1.98. The number of anilines is 2. The molecule has 3 aromatic carbocycles. The second-order valence-electron chi connectivity index (χ2n) is 12.9. The number of fused-ring (bicyclic) bond motifs is 6. The van der Waals surface area contributed by atoms with Crippen LogP contribution in [-0.4, -0.2) is 64.5 Å². The van der Waals surface area contributed by atoms with E-state index >= 15 is 0 Å². The van der Waals surface area contributed by atoms with E-state index in [1.54, 1.807) is 0 Å². The van der Waals surface area contributed by atoms with E-state index in [0.29, 0.717) is 25.4 Å². The molecule has 0 bridgehead atoms. The Kier molecular flexibility index (Phi) is 9.71. The van der Waals surface area contributed by atoms with Gasteiger partial charge in [0.05, 0.1) is 18.8 Å². The number of esters is 1. The monoisotopic (exact) mass is 644 g/mol. The van der Waals surface area contributed by atoms with Gasteiger partial charge in [0.15, 0.2) is 5.60 Å². The molecule has 4 aliphatic rings. The number of unbranched alkanes of at least 4 members (excludes halogenated alkanes) is 4. The van der Waals surface area contributed by atoms with Gasteiger partial charge in [0, 0.05) is 85.5 Å². The van der Waals surface area contributed by atoms with Crippen molar-refractivity contribution >= 4 is 28.9 Å². The molecule has 46 heavy (non-hydrogen) atoms. The maximum atomic E-state index is 13.5.